The summed E-state index contributed by atoms with van der Waals surface area (Å²) in [6.45, 7) is 4.51. The molecule has 0 aromatic carbocycles. The van der Waals surface area contributed by atoms with Crippen LogP contribution in [0.25, 0.3) is 0 Å². The minimum absolute atomic E-state index is 0.220. The fraction of sp³-hybridized carbons (Fsp3) is 1.00. The summed E-state index contributed by atoms with van der Waals surface area (Å²) in [7, 11) is 0. The van der Waals surface area contributed by atoms with E-state index in [9.17, 15) is 5.11 Å². The van der Waals surface area contributed by atoms with Gasteiger partial charge in [-0.3, -0.25) is 0 Å². The summed E-state index contributed by atoms with van der Waals surface area (Å²) in [4.78, 5) is 0. The van der Waals surface area contributed by atoms with Crippen molar-refractivity contribution in [1.82, 2.24) is 0 Å². The number of hydrogen-bond donors (Lipinski definition) is 1. The highest BCUT2D eigenvalue weighted by Crippen LogP contribution is 2.40. The zero-order valence-electron chi connectivity index (χ0n) is 7.77. The van der Waals surface area contributed by atoms with Crippen LogP contribution < -0.4 is 0 Å². The van der Waals surface area contributed by atoms with Crippen molar-refractivity contribution in [2.45, 2.75) is 58.0 Å². The Kier molecular flexibility index (Phi) is 2.94. The third-order valence-electron chi connectivity index (χ3n) is 2.71. The lowest BCUT2D eigenvalue weighted by Gasteiger charge is -2.12. The van der Waals surface area contributed by atoms with Crippen LogP contribution in [-0.4, -0.2) is 10.7 Å². The highest BCUT2D eigenvalue weighted by Gasteiger charge is 2.39. The van der Waals surface area contributed by atoms with E-state index in [2.05, 4.69) is 13.8 Å². The molecule has 0 saturated heterocycles. The first-order valence-corrected chi connectivity index (χ1v) is 4.89. The maximum Gasteiger partial charge on any atom is 0.0650 e. The lowest BCUT2D eigenvalue weighted by Crippen LogP contribution is -2.08. The zero-order valence-corrected chi connectivity index (χ0v) is 7.77. The molecule has 1 fully saturated rings. The standard InChI is InChI=1S/C10H20O/c1-3-4-9(2)5-6-10(11)7-8-10/h9,11H,3-8H2,1-2H3. The number of hydrogen-bond acceptors (Lipinski definition) is 1. The van der Waals surface area contributed by atoms with Crippen molar-refractivity contribution in [3.63, 3.8) is 0 Å². The Morgan fingerprint density at radius 1 is 1.36 bits per heavy atom. The van der Waals surface area contributed by atoms with Gasteiger partial charge in [-0.1, -0.05) is 26.7 Å². The van der Waals surface area contributed by atoms with Crippen LogP contribution in [0.15, 0.2) is 0 Å². The predicted octanol–water partition coefficient (Wildman–Crippen LogP) is 2.73. The van der Waals surface area contributed by atoms with Crippen molar-refractivity contribution in [2.24, 2.45) is 5.92 Å². The molecule has 11 heavy (non-hydrogen) atoms. The molecular formula is C10H20O. The monoisotopic (exact) mass is 156 g/mol. The molecule has 0 bridgehead atoms. The molecule has 1 saturated carbocycles. The van der Waals surface area contributed by atoms with E-state index in [4.69, 9.17) is 0 Å². The van der Waals surface area contributed by atoms with E-state index in [0.29, 0.717) is 0 Å². The topological polar surface area (TPSA) is 20.2 Å². The van der Waals surface area contributed by atoms with Crippen molar-refractivity contribution in [3.05, 3.63) is 0 Å². The first kappa shape index (κ1) is 9.05. The van der Waals surface area contributed by atoms with Gasteiger partial charge in [-0.2, -0.15) is 0 Å². The highest BCUT2D eigenvalue weighted by atomic mass is 16.3. The lowest BCUT2D eigenvalue weighted by atomic mass is 9.98. The van der Waals surface area contributed by atoms with Crippen LogP contribution in [0.4, 0.5) is 0 Å². The van der Waals surface area contributed by atoms with Gasteiger partial charge in [0.1, 0.15) is 0 Å². The van der Waals surface area contributed by atoms with Gasteiger partial charge in [-0.25, -0.2) is 0 Å². The van der Waals surface area contributed by atoms with Crippen LogP contribution in [0.5, 0.6) is 0 Å². The Morgan fingerprint density at radius 3 is 2.45 bits per heavy atom. The van der Waals surface area contributed by atoms with Gasteiger partial charge in [0.25, 0.3) is 0 Å². The van der Waals surface area contributed by atoms with E-state index in [-0.39, 0.29) is 5.60 Å². The normalized spacial score (nSPS) is 23.2. The van der Waals surface area contributed by atoms with Crippen LogP contribution in [0, 0.1) is 5.92 Å². The van der Waals surface area contributed by atoms with Crippen LogP contribution in [0.3, 0.4) is 0 Å². The molecule has 1 atom stereocenters. The van der Waals surface area contributed by atoms with Gasteiger partial charge < -0.3 is 5.11 Å². The summed E-state index contributed by atoms with van der Waals surface area (Å²) >= 11 is 0. The fourth-order valence-corrected chi connectivity index (χ4v) is 1.55. The zero-order chi connectivity index (χ0) is 8.32. The predicted molar refractivity (Wildman–Crippen MR) is 47.5 cm³/mol. The SMILES string of the molecule is CCCC(C)CCC1(O)CC1. The molecular weight excluding hydrogens is 136 g/mol. The fourth-order valence-electron chi connectivity index (χ4n) is 1.55. The van der Waals surface area contributed by atoms with E-state index in [1.54, 1.807) is 0 Å². The van der Waals surface area contributed by atoms with Gasteiger partial charge in [0, 0.05) is 0 Å². The minimum atomic E-state index is -0.220. The highest BCUT2D eigenvalue weighted by molar-refractivity contribution is 4.93. The summed E-state index contributed by atoms with van der Waals surface area (Å²) in [5.41, 5.74) is -0.220. The Labute approximate surface area is 69.8 Å². The maximum atomic E-state index is 9.55. The Morgan fingerprint density at radius 2 is 2.00 bits per heavy atom. The van der Waals surface area contributed by atoms with Crippen molar-refractivity contribution in [3.8, 4) is 0 Å². The number of aliphatic hydroxyl groups is 1. The summed E-state index contributed by atoms with van der Waals surface area (Å²) in [5, 5.41) is 9.55. The van der Waals surface area contributed by atoms with Gasteiger partial charge in [-0.05, 0) is 31.6 Å². The summed E-state index contributed by atoms with van der Waals surface area (Å²) in [6, 6.07) is 0. The van der Waals surface area contributed by atoms with Crippen molar-refractivity contribution >= 4 is 0 Å². The molecule has 1 aliphatic carbocycles. The summed E-state index contributed by atoms with van der Waals surface area (Å²) in [5.74, 6) is 0.810. The molecule has 0 aliphatic heterocycles. The third kappa shape index (κ3) is 3.24. The van der Waals surface area contributed by atoms with Gasteiger partial charge in [0.05, 0.1) is 5.60 Å². The largest absolute Gasteiger partial charge is 0.390 e. The van der Waals surface area contributed by atoms with Gasteiger partial charge >= 0.3 is 0 Å². The van der Waals surface area contributed by atoms with E-state index in [1.807, 2.05) is 0 Å². The molecule has 0 radical (unpaired) electrons. The van der Waals surface area contributed by atoms with Crippen LogP contribution in [0.1, 0.15) is 52.4 Å². The third-order valence-corrected chi connectivity index (χ3v) is 2.71. The molecule has 1 unspecified atom stereocenters. The van der Waals surface area contributed by atoms with Gasteiger partial charge in [-0.15, -0.1) is 0 Å². The van der Waals surface area contributed by atoms with Gasteiger partial charge in [0.15, 0.2) is 0 Å². The van der Waals surface area contributed by atoms with E-state index in [0.717, 1.165) is 25.2 Å². The minimum Gasteiger partial charge on any atom is -0.390 e. The summed E-state index contributed by atoms with van der Waals surface area (Å²) in [6.07, 6.45) is 6.94. The molecule has 1 rings (SSSR count). The lowest BCUT2D eigenvalue weighted by molar-refractivity contribution is 0.131. The molecule has 66 valence electrons. The maximum absolute atomic E-state index is 9.55. The van der Waals surface area contributed by atoms with E-state index >= 15 is 0 Å². The molecule has 0 aromatic heterocycles. The Balaban J connectivity index is 2.01. The second-order valence-corrected chi connectivity index (χ2v) is 4.16. The molecule has 1 aliphatic rings. The number of rotatable bonds is 5. The van der Waals surface area contributed by atoms with Crippen LogP contribution >= 0.6 is 0 Å². The van der Waals surface area contributed by atoms with E-state index in [1.165, 1.54) is 19.3 Å². The van der Waals surface area contributed by atoms with Gasteiger partial charge in [0.2, 0.25) is 0 Å². The molecule has 1 nitrogen and oxygen atoms in total. The Hall–Kier alpha value is -0.0400. The molecule has 0 aromatic rings. The molecule has 1 N–H and O–H groups in total. The van der Waals surface area contributed by atoms with Crippen molar-refractivity contribution in [2.75, 3.05) is 0 Å². The van der Waals surface area contributed by atoms with Crippen LogP contribution in [0.2, 0.25) is 0 Å². The molecule has 1 heteroatoms. The first-order chi connectivity index (χ1) is 5.16. The molecule has 0 amide bonds. The molecule has 0 heterocycles. The Bertz CT molecular complexity index is 116. The van der Waals surface area contributed by atoms with Crippen molar-refractivity contribution < 1.29 is 5.11 Å². The van der Waals surface area contributed by atoms with Crippen molar-refractivity contribution in [1.29, 1.82) is 0 Å². The first-order valence-electron chi connectivity index (χ1n) is 4.89. The molecule has 0 spiro atoms. The van der Waals surface area contributed by atoms with E-state index < -0.39 is 0 Å². The average Bonchev–Trinajstić information content (AvgIpc) is 2.66. The second-order valence-electron chi connectivity index (χ2n) is 4.16. The van der Waals surface area contributed by atoms with Crippen LogP contribution in [-0.2, 0) is 0 Å². The quantitative estimate of drug-likeness (QED) is 0.649. The summed E-state index contributed by atoms with van der Waals surface area (Å²) < 4.78 is 0. The second kappa shape index (κ2) is 3.57. The average molecular weight is 156 g/mol. The smallest absolute Gasteiger partial charge is 0.0650 e.